The molecule has 0 saturated heterocycles. The maximum absolute atomic E-state index is 12.3. The van der Waals surface area contributed by atoms with Crippen LogP contribution in [0.5, 0.6) is 0 Å². The number of ketones is 1. The summed E-state index contributed by atoms with van der Waals surface area (Å²) in [5, 5.41) is 5.29. The maximum Gasteiger partial charge on any atom is 0.279 e. The lowest BCUT2D eigenvalue weighted by Crippen LogP contribution is -3.00. The summed E-state index contributed by atoms with van der Waals surface area (Å²) in [7, 11) is 0. The fourth-order valence-electron chi connectivity index (χ4n) is 5.74. The first-order valence-electron chi connectivity index (χ1n) is 9.26. The lowest BCUT2D eigenvalue weighted by molar-refractivity contribution is -0.729. The summed E-state index contributed by atoms with van der Waals surface area (Å²) < 4.78 is 0. The van der Waals surface area contributed by atoms with Crippen molar-refractivity contribution in [2.45, 2.75) is 51.0 Å². The third-order valence-corrected chi connectivity index (χ3v) is 6.38. The van der Waals surface area contributed by atoms with Gasteiger partial charge >= 0.3 is 0 Å². The molecule has 0 spiro atoms. The maximum atomic E-state index is 12.3. The van der Waals surface area contributed by atoms with E-state index in [0.29, 0.717) is 17.6 Å². The van der Waals surface area contributed by atoms with Gasteiger partial charge in [-0.25, -0.2) is 0 Å². The van der Waals surface area contributed by atoms with Crippen LogP contribution < -0.4 is 10.6 Å². The molecule has 0 aromatic heterocycles. The standard InChI is InChI=1S/C20H26N2O2/c1-13(23)17-2-4-18(5-3-17)22-19(24)12-21-20-9-14-6-15(10-20)8-16(7-14)11-20/h2-5,14-16,21H,6-12H2,1H3,(H,22,24)/p+1. The molecule has 4 bridgehead atoms. The molecular weight excluding hydrogens is 300 g/mol. The van der Waals surface area contributed by atoms with Gasteiger partial charge in [-0.05, 0) is 68.2 Å². The first-order chi connectivity index (χ1) is 11.5. The van der Waals surface area contributed by atoms with Gasteiger partial charge in [0.05, 0.1) is 5.54 Å². The van der Waals surface area contributed by atoms with E-state index in [1.165, 1.54) is 38.5 Å². The van der Waals surface area contributed by atoms with E-state index in [1.54, 1.807) is 31.2 Å². The van der Waals surface area contributed by atoms with Crippen LogP contribution in [-0.4, -0.2) is 23.8 Å². The number of nitrogens with one attached hydrogen (secondary N) is 1. The third kappa shape index (κ3) is 3.12. The largest absolute Gasteiger partial charge is 0.334 e. The summed E-state index contributed by atoms with van der Waals surface area (Å²) in [6, 6.07) is 7.14. The van der Waals surface area contributed by atoms with Gasteiger partial charge in [0.25, 0.3) is 5.91 Å². The zero-order valence-electron chi connectivity index (χ0n) is 14.4. The van der Waals surface area contributed by atoms with Gasteiger partial charge in [0.2, 0.25) is 0 Å². The molecule has 4 heteroatoms. The van der Waals surface area contributed by atoms with E-state index < -0.39 is 0 Å². The van der Waals surface area contributed by atoms with Gasteiger partial charge in [-0.3, -0.25) is 9.59 Å². The van der Waals surface area contributed by atoms with Crippen molar-refractivity contribution in [3.63, 3.8) is 0 Å². The van der Waals surface area contributed by atoms with Crippen LogP contribution in [0.4, 0.5) is 5.69 Å². The molecule has 128 valence electrons. The lowest BCUT2D eigenvalue weighted by Gasteiger charge is -2.54. The Bertz CT molecular complexity index is 615. The summed E-state index contributed by atoms with van der Waals surface area (Å²) in [6.45, 7) is 2.05. The third-order valence-electron chi connectivity index (χ3n) is 6.38. The molecule has 3 N–H and O–H groups in total. The molecule has 0 heterocycles. The van der Waals surface area contributed by atoms with E-state index in [0.717, 1.165) is 23.4 Å². The smallest absolute Gasteiger partial charge is 0.279 e. The zero-order chi connectivity index (χ0) is 16.7. The minimum Gasteiger partial charge on any atom is -0.334 e. The second-order valence-electron chi connectivity index (χ2n) is 8.37. The highest BCUT2D eigenvalue weighted by atomic mass is 16.2. The average Bonchev–Trinajstić information content (AvgIpc) is 2.52. The number of hydrogen-bond acceptors (Lipinski definition) is 2. The van der Waals surface area contributed by atoms with Crippen LogP contribution in [-0.2, 0) is 4.79 Å². The van der Waals surface area contributed by atoms with E-state index >= 15 is 0 Å². The van der Waals surface area contributed by atoms with Crippen LogP contribution in [0.15, 0.2) is 24.3 Å². The first kappa shape index (κ1) is 15.8. The van der Waals surface area contributed by atoms with Gasteiger partial charge in [-0.2, -0.15) is 0 Å². The van der Waals surface area contributed by atoms with E-state index in [1.807, 2.05) is 0 Å². The van der Waals surface area contributed by atoms with Crippen LogP contribution in [0.25, 0.3) is 0 Å². The van der Waals surface area contributed by atoms with E-state index in [9.17, 15) is 9.59 Å². The Morgan fingerprint density at radius 3 is 2.08 bits per heavy atom. The first-order valence-corrected chi connectivity index (χ1v) is 9.26. The number of quaternary nitrogens is 1. The number of Topliss-reactive ketones (excluding diaryl/α,β-unsaturated/α-hetero) is 1. The molecule has 4 aliphatic rings. The van der Waals surface area contributed by atoms with Crippen molar-refractivity contribution in [3.05, 3.63) is 29.8 Å². The number of hydrogen-bond donors (Lipinski definition) is 2. The van der Waals surface area contributed by atoms with Crippen LogP contribution in [0.3, 0.4) is 0 Å². The molecule has 1 aromatic rings. The molecule has 4 aliphatic carbocycles. The van der Waals surface area contributed by atoms with Crippen molar-refractivity contribution in [3.8, 4) is 0 Å². The molecule has 4 saturated carbocycles. The Morgan fingerprint density at radius 2 is 1.58 bits per heavy atom. The minimum absolute atomic E-state index is 0.0445. The van der Waals surface area contributed by atoms with Gasteiger partial charge < -0.3 is 10.6 Å². The Balaban J connectivity index is 1.33. The zero-order valence-corrected chi connectivity index (χ0v) is 14.4. The highest BCUT2D eigenvalue weighted by Crippen LogP contribution is 2.54. The van der Waals surface area contributed by atoms with Gasteiger partial charge in [0, 0.05) is 30.5 Å². The van der Waals surface area contributed by atoms with Crippen LogP contribution in [0.1, 0.15) is 55.8 Å². The molecule has 5 rings (SSSR count). The van der Waals surface area contributed by atoms with Crippen molar-refractivity contribution in [1.82, 2.24) is 0 Å². The molecule has 4 nitrogen and oxygen atoms in total. The van der Waals surface area contributed by atoms with Gasteiger partial charge in [0.1, 0.15) is 0 Å². The number of carbonyl (C=O) groups is 2. The molecule has 0 unspecified atom stereocenters. The normalized spacial score (nSPS) is 33.5. The Hall–Kier alpha value is -1.68. The van der Waals surface area contributed by atoms with E-state index in [2.05, 4.69) is 10.6 Å². The molecule has 1 amide bonds. The van der Waals surface area contributed by atoms with Crippen LogP contribution >= 0.6 is 0 Å². The second kappa shape index (κ2) is 5.99. The number of benzene rings is 1. The fourth-order valence-corrected chi connectivity index (χ4v) is 5.74. The number of carbonyl (C=O) groups excluding carboxylic acids is 2. The summed E-state index contributed by atoms with van der Waals surface area (Å²) in [6.07, 6.45) is 8.21. The minimum atomic E-state index is 0.0445. The van der Waals surface area contributed by atoms with Crippen molar-refractivity contribution >= 4 is 17.4 Å². The molecular formula is C20H27N2O2+. The van der Waals surface area contributed by atoms with Gasteiger partial charge in [0.15, 0.2) is 12.3 Å². The average molecular weight is 327 g/mol. The van der Waals surface area contributed by atoms with E-state index in [4.69, 9.17) is 0 Å². The number of anilines is 1. The summed E-state index contributed by atoms with van der Waals surface area (Å²) in [4.78, 5) is 23.6. The van der Waals surface area contributed by atoms with Crippen molar-refractivity contribution in [2.24, 2.45) is 17.8 Å². The predicted molar refractivity (Wildman–Crippen MR) is 92.8 cm³/mol. The molecule has 0 radical (unpaired) electrons. The SMILES string of the molecule is CC(=O)c1ccc(NC(=O)C[NH2+]C23CC4CC(CC(C4)C2)C3)cc1. The highest BCUT2D eigenvalue weighted by molar-refractivity contribution is 5.95. The van der Waals surface area contributed by atoms with Crippen molar-refractivity contribution < 1.29 is 14.9 Å². The molecule has 0 aliphatic heterocycles. The van der Waals surface area contributed by atoms with Crippen molar-refractivity contribution in [2.75, 3.05) is 11.9 Å². The summed E-state index contributed by atoms with van der Waals surface area (Å²) in [5.74, 6) is 2.84. The Labute approximate surface area is 143 Å². The lowest BCUT2D eigenvalue weighted by atomic mass is 9.53. The number of nitrogens with two attached hydrogens (primary N) is 1. The van der Waals surface area contributed by atoms with Crippen molar-refractivity contribution in [1.29, 1.82) is 0 Å². The molecule has 4 fully saturated rings. The molecule has 0 atom stereocenters. The van der Waals surface area contributed by atoms with E-state index in [-0.39, 0.29) is 11.7 Å². The second-order valence-corrected chi connectivity index (χ2v) is 8.37. The summed E-state index contributed by atoms with van der Waals surface area (Å²) >= 11 is 0. The quantitative estimate of drug-likeness (QED) is 0.816. The van der Waals surface area contributed by atoms with Gasteiger partial charge in [-0.15, -0.1) is 0 Å². The van der Waals surface area contributed by atoms with Crippen LogP contribution in [0, 0.1) is 17.8 Å². The Morgan fingerprint density at radius 1 is 1.04 bits per heavy atom. The highest BCUT2D eigenvalue weighted by Gasteiger charge is 2.53. The van der Waals surface area contributed by atoms with Gasteiger partial charge in [-0.1, -0.05) is 0 Å². The topological polar surface area (TPSA) is 62.8 Å². The number of rotatable bonds is 5. The monoisotopic (exact) mass is 327 g/mol. The fraction of sp³-hybridized carbons (Fsp3) is 0.600. The predicted octanol–water partition coefficient (Wildman–Crippen LogP) is 2.36. The summed E-state index contributed by atoms with van der Waals surface area (Å²) in [5.41, 5.74) is 1.78. The molecule has 24 heavy (non-hydrogen) atoms. The Kier molecular flexibility index (Phi) is 3.95. The molecule has 1 aromatic carbocycles. The van der Waals surface area contributed by atoms with Crippen LogP contribution in [0.2, 0.25) is 0 Å². The number of amides is 1.